The number of carbonyl (C=O) groups excluding carboxylic acids is 1. The van der Waals surface area contributed by atoms with Gasteiger partial charge in [0.1, 0.15) is 5.82 Å². The molecule has 4 heteroatoms. The summed E-state index contributed by atoms with van der Waals surface area (Å²) in [6, 6.07) is 3.05. The van der Waals surface area contributed by atoms with Gasteiger partial charge in [0, 0.05) is 12.5 Å². The second kappa shape index (κ2) is 4.84. The Morgan fingerprint density at radius 2 is 2.29 bits per heavy atom. The molecular weight excluding hydrogens is 221 g/mol. The summed E-state index contributed by atoms with van der Waals surface area (Å²) >= 11 is 0. The Bertz CT molecular complexity index is 439. The Morgan fingerprint density at radius 3 is 2.88 bits per heavy atom. The fraction of sp³-hybridized carbons (Fsp3) is 0.462. The highest BCUT2D eigenvalue weighted by atomic mass is 19.1. The van der Waals surface area contributed by atoms with E-state index >= 15 is 0 Å². The quantitative estimate of drug-likeness (QED) is 0.799. The van der Waals surface area contributed by atoms with E-state index < -0.39 is 5.97 Å². The minimum absolute atomic E-state index is 0.152. The van der Waals surface area contributed by atoms with Gasteiger partial charge in [0.15, 0.2) is 0 Å². The maximum atomic E-state index is 13.9. The van der Waals surface area contributed by atoms with Gasteiger partial charge in [0.2, 0.25) is 0 Å². The summed E-state index contributed by atoms with van der Waals surface area (Å²) in [4.78, 5) is 11.6. The van der Waals surface area contributed by atoms with Crippen LogP contribution in [0.3, 0.4) is 0 Å². The predicted molar refractivity (Wildman–Crippen MR) is 62.7 cm³/mol. The SMILES string of the molecule is COC(=O)c1cc(C2CCNC2)c(F)cc1C. The van der Waals surface area contributed by atoms with Crippen LogP contribution in [0.5, 0.6) is 0 Å². The number of aryl methyl sites for hydroxylation is 1. The van der Waals surface area contributed by atoms with Crippen LogP contribution in [0.2, 0.25) is 0 Å². The number of hydrogen-bond donors (Lipinski definition) is 1. The average molecular weight is 237 g/mol. The number of nitrogens with one attached hydrogen (secondary N) is 1. The highest BCUT2D eigenvalue weighted by molar-refractivity contribution is 5.91. The molecule has 17 heavy (non-hydrogen) atoms. The van der Waals surface area contributed by atoms with Crippen molar-refractivity contribution in [3.63, 3.8) is 0 Å². The first-order valence-corrected chi connectivity index (χ1v) is 5.72. The van der Waals surface area contributed by atoms with Crippen molar-refractivity contribution in [3.8, 4) is 0 Å². The van der Waals surface area contributed by atoms with E-state index in [-0.39, 0.29) is 11.7 Å². The number of hydrogen-bond acceptors (Lipinski definition) is 3. The highest BCUT2D eigenvalue weighted by Crippen LogP contribution is 2.27. The van der Waals surface area contributed by atoms with Crippen molar-refractivity contribution in [3.05, 3.63) is 34.6 Å². The fourth-order valence-electron chi connectivity index (χ4n) is 2.25. The van der Waals surface area contributed by atoms with Crippen LogP contribution < -0.4 is 5.32 Å². The molecule has 0 bridgehead atoms. The Morgan fingerprint density at radius 1 is 1.53 bits per heavy atom. The van der Waals surface area contributed by atoms with Crippen molar-refractivity contribution in [1.29, 1.82) is 0 Å². The molecule has 0 amide bonds. The molecule has 92 valence electrons. The number of rotatable bonds is 2. The average Bonchev–Trinajstić information content (AvgIpc) is 2.81. The van der Waals surface area contributed by atoms with Gasteiger partial charge in [-0.05, 0) is 43.1 Å². The minimum Gasteiger partial charge on any atom is -0.465 e. The fourth-order valence-corrected chi connectivity index (χ4v) is 2.25. The monoisotopic (exact) mass is 237 g/mol. The summed E-state index contributed by atoms with van der Waals surface area (Å²) in [6.07, 6.45) is 0.903. The van der Waals surface area contributed by atoms with Crippen molar-refractivity contribution in [2.24, 2.45) is 0 Å². The number of esters is 1. The lowest BCUT2D eigenvalue weighted by Gasteiger charge is -2.13. The lowest BCUT2D eigenvalue weighted by atomic mass is 9.94. The summed E-state index contributed by atoms with van der Waals surface area (Å²) in [5.41, 5.74) is 1.68. The summed E-state index contributed by atoms with van der Waals surface area (Å²) in [7, 11) is 1.34. The molecule has 1 aliphatic heterocycles. The molecule has 1 saturated heterocycles. The third-order valence-corrected chi connectivity index (χ3v) is 3.25. The van der Waals surface area contributed by atoms with E-state index in [4.69, 9.17) is 4.74 Å². The molecule has 1 atom stereocenters. The molecule has 1 aromatic carbocycles. The third-order valence-electron chi connectivity index (χ3n) is 3.25. The highest BCUT2D eigenvalue weighted by Gasteiger charge is 2.22. The lowest BCUT2D eigenvalue weighted by Crippen LogP contribution is -2.11. The van der Waals surface area contributed by atoms with Gasteiger partial charge in [0.05, 0.1) is 12.7 Å². The second-order valence-corrected chi connectivity index (χ2v) is 4.37. The Hall–Kier alpha value is -1.42. The van der Waals surface area contributed by atoms with E-state index in [1.165, 1.54) is 13.2 Å². The molecule has 0 aromatic heterocycles. The van der Waals surface area contributed by atoms with E-state index in [0.29, 0.717) is 16.7 Å². The zero-order valence-corrected chi connectivity index (χ0v) is 10.0. The van der Waals surface area contributed by atoms with Crippen molar-refractivity contribution in [2.45, 2.75) is 19.3 Å². The van der Waals surface area contributed by atoms with Gasteiger partial charge in [-0.25, -0.2) is 9.18 Å². The molecular formula is C13H16FNO2. The van der Waals surface area contributed by atoms with Crippen LogP contribution in [-0.2, 0) is 4.74 Å². The van der Waals surface area contributed by atoms with Crippen LogP contribution in [0.4, 0.5) is 4.39 Å². The van der Waals surface area contributed by atoms with Gasteiger partial charge >= 0.3 is 5.97 Å². The smallest absolute Gasteiger partial charge is 0.338 e. The van der Waals surface area contributed by atoms with Gasteiger partial charge in [-0.3, -0.25) is 0 Å². The molecule has 2 rings (SSSR count). The van der Waals surface area contributed by atoms with Crippen molar-refractivity contribution in [1.82, 2.24) is 5.32 Å². The zero-order valence-electron chi connectivity index (χ0n) is 10.0. The van der Waals surface area contributed by atoms with E-state index in [0.717, 1.165) is 19.5 Å². The largest absolute Gasteiger partial charge is 0.465 e. The van der Waals surface area contributed by atoms with Gasteiger partial charge in [-0.15, -0.1) is 0 Å². The zero-order chi connectivity index (χ0) is 12.4. The van der Waals surface area contributed by atoms with Crippen LogP contribution in [-0.4, -0.2) is 26.2 Å². The standard InChI is InChI=1S/C13H16FNO2/c1-8-5-12(14)11(9-3-4-15-7-9)6-10(8)13(16)17-2/h5-6,9,15H,3-4,7H2,1-2H3. The first kappa shape index (κ1) is 12.0. The predicted octanol–water partition coefficient (Wildman–Crippen LogP) is 2.00. The molecule has 1 aromatic rings. The van der Waals surface area contributed by atoms with Gasteiger partial charge < -0.3 is 10.1 Å². The van der Waals surface area contributed by atoms with Gasteiger partial charge in [0.25, 0.3) is 0 Å². The maximum Gasteiger partial charge on any atom is 0.338 e. The lowest BCUT2D eigenvalue weighted by molar-refractivity contribution is 0.0599. The van der Waals surface area contributed by atoms with E-state index in [9.17, 15) is 9.18 Å². The van der Waals surface area contributed by atoms with E-state index in [1.807, 2.05) is 0 Å². The summed E-state index contributed by atoms with van der Waals surface area (Å²) in [6.45, 7) is 3.37. The molecule has 0 saturated carbocycles. The number of ether oxygens (including phenoxy) is 1. The molecule has 0 spiro atoms. The number of halogens is 1. The maximum absolute atomic E-state index is 13.9. The number of carbonyl (C=O) groups is 1. The molecule has 0 aliphatic carbocycles. The van der Waals surface area contributed by atoms with Crippen LogP contribution in [0, 0.1) is 12.7 Å². The Balaban J connectivity index is 2.41. The molecule has 0 radical (unpaired) electrons. The minimum atomic E-state index is -0.408. The normalized spacial score (nSPS) is 19.4. The summed E-state index contributed by atoms with van der Waals surface area (Å²) in [5.74, 6) is -0.488. The molecule has 1 unspecified atom stereocenters. The van der Waals surface area contributed by atoms with Gasteiger partial charge in [-0.2, -0.15) is 0 Å². The molecule has 3 nitrogen and oxygen atoms in total. The first-order chi connectivity index (χ1) is 8.13. The Labute approximate surface area is 100.0 Å². The third kappa shape index (κ3) is 2.31. The van der Waals surface area contributed by atoms with Crippen molar-refractivity contribution >= 4 is 5.97 Å². The van der Waals surface area contributed by atoms with Gasteiger partial charge in [-0.1, -0.05) is 0 Å². The van der Waals surface area contributed by atoms with E-state index in [2.05, 4.69) is 5.32 Å². The molecule has 1 aliphatic rings. The van der Waals surface area contributed by atoms with E-state index in [1.54, 1.807) is 13.0 Å². The summed E-state index contributed by atoms with van der Waals surface area (Å²) < 4.78 is 18.6. The molecule has 1 fully saturated rings. The molecule has 1 N–H and O–H groups in total. The molecule has 1 heterocycles. The van der Waals surface area contributed by atoms with Crippen molar-refractivity contribution < 1.29 is 13.9 Å². The number of methoxy groups -OCH3 is 1. The van der Waals surface area contributed by atoms with Crippen LogP contribution in [0.1, 0.15) is 33.8 Å². The first-order valence-electron chi connectivity index (χ1n) is 5.72. The van der Waals surface area contributed by atoms with Crippen LogP contribution >= 0.6 is 0 Å². The van der Waals surface area contributed by atoms with Crippen LogP contribution in [0.15, 0.2) is 12.1 Å². The van der Waals surface area contributed by atoms with Crippen molar-refractivity contribution in [2.75, 3.05) is 20.2 Å². The topological polar surface area (TPSA) is 38.3 Å². The number of benzene rings is 1. The summed E-state index contributed by atoms with van der Waals surface area (Å²) in [5, 5.41) is 3.19. The van der Waals surface area contributed by atoms with Crippen LogP contribution in [0.25, 0.3) is 0 Å². The second-order valence-electron chi connectivity index (χ2n) is 4.37. The Kier molecular flexibility index (Phi) is 3.43.